The van der Waals surface area contributed by atoms with Crippen molar-refractivity contribution in [2.45, 2.75) is 33.1 Å². The van der Waals surface area contributed by atoms with Gasteiger partial charge in [-0.05, 0) is 29.5 Å². The van der Waals surface area contributed by atoms with Crippen molar-refractivity contribution in [3.8, 4) is 0 Å². The predicted molar refractivity (Wildman–Crippen MR) is 67.3 cm³/mol. The molecule has 2 N–H and O–H groups in total. The predicted octanol–water partition coefficient (Wildman–Crippen LogP) is 2.64. The average Bonchev–Trinajstić information content (AvgIpc) is 2.15. The lowest BCUT2D eigenvalue weighted by atomic mass is 9.86. The summed E-state index contributed by atoms with van der Waals surface area (Å²) in [6.45, 7) is 9.35. The molecule has 0 spiro atoms. The third kappa shape index (κ3) is 2.72. The number of hydrogen-bond acceptors (Lipinski definition) is 2. The highest BCUT2D eigenvalue weighted by molar-refractivity contribution is 5.55. The molecule has 0 saturated carbocycles. The Morgan fingerprint density at radius 3 is 2.33 bits per heavy atom. The number of hydrogen-bond donors (Lipinski definition) is 1. The van der Waals surface area contributed by atoms with Crippen LogP contribution in [-0.2, 0) is 5.41 Å². The van der Waals surface area contributed by atoms with Gasteiger partial charge in [0, 0.05) is 12.7 Å². The SMILES string of the molecule is Cc1ccc(C(C)(C)C)cc1N(C)CN. The van der Waals surface area contributed by atoms with E-state index in [1.54, 1.807) is 0 Å². The topological polar surface area (TPSA) is 29.3 Å². The summed E-state index contributed by atoms with van der Waals surface area (Å²) in [4.78, 5) is 2.07. The quantitative estimate of drug-likeness (QED) is 0.754. The van der Waals surface area contributed by atoms with Gasteiger partial charge >= 0.3 is 0 Å². The lowest BCUT2D eigenvalue weighted by Crippen LogP contribution is -2.26. The molecular weight excluding hydrogens is 184 g/mol. The number of anilines is 1. The smallest absolute Gasteiger partial charge is 0.0653 e. The van der Waals surface area contributed by atoms with Crippen LogP contribution in [0, 0.1) is 6.92 Å². The number of nitrogens with zero attached hydrogens (tertiary/aromatic N) is 1. The summed E-state index contributed by atoms with van der Waals surface area (Å²) in [5.41, 5.74) is 9.70. The minimum absolute atomic E-state index is 0.192. The Morgan fingerprint density at radius 1 is 1.27 bits per heavy atom. The summed E-state index contributed by atoms with van der Waals surface area (Å²) in [6, 6.07) is 6.60. The van der Waals surface area contributed by atoms with Gasteiger partial charge in [0.2, 0.25) is 0 Å². The summed E-state index contributed by atoms with van der Waals surface area (Å²) >= 11 is 0. The zero-order valence-electron chi connectivity index (χ0n) is 10.5. The Kier molecular flexibility index (Phi) is 3.40. The van der Waals surface area contributed by atoms with Gasteiger partial charge in [-0.15, -0.1) is 0 Å². The fourth-order valence-electron chi connectivity index (χ4n) is 1.59. The second-order valence-electron chi connectivity index (χ2n) is 5.13. The molecule has 0 saturated heterocycles. The standard InChI is InChI=1S/C13H22N2/c1-10-6-7-11(13(2,3)4)8-12(10)15(5)9-14/h6-8H,9,14H2,1-5H3. The van der Waals surface area contributed by atoms with Crippen molar-refractivity contribution < 1.29 is 0 Å². The van der Waals surface area contributed by atoms with Gasteiger partial charge in [0.25, 0.3) is 0 Å². The monoisotopic (exact) mass is 206 g/mol. The van der Waals surface area contributed by atoms with E-state index >= 15 is 0 Å². The lowest BCUT2D eigenvalue weighted by molar-refractivity contribution is 0.590. The van der Waals surface area contributed by atoms with Crippen molar-refractivity contribution in [1.82, 2.24) is 0 Å². The first-order valence-corrected chi connectivity index (χ1v) is 5.38. The molecule has 1 aromatic carbocycles. The Balaban J connectivity index is 3.17. The van der Waals surface area contributed by atoms with Crippen LogP contribution in [0.25, 0.3) is 0 Å². The van der Waals surface area contributed by atoms with Gasteiger partial charge in [-0.3, -0.25) is 0 Å². The van der Waals surface area contributed by atoms with Crippen molar-refractivity contribution in [1.29, 1.82) is 0 Å². The molecule has 1 aromatic rings. The van der Waals surface area contributed by atoms with Gasteiger partial charge in [-0.25, -0.2) is 0 Å². The minimum atomic E-state index is 0.192. The zero-order valence-corrected chi connectivity index (χ0v) is 10.5. The lowest BCUT2D eigenvalue weighted by Gasteiger charge is -2.24. The molecular formula is C13H22N2. The average molecular weight is 206 g/mol. The molecule has 0 aliphatic heterocycles. The molecule has 0 bridgehead atoms. The summed E-state index contributed by atoms with van der Waals surface area (Å²) in [5, 5.41) is 0. The summed E-state index contributed by atoms with van der Waals surface area (Å²) in [5.74, 6) is 0. The highest BCUT2D eigenvalue weighted by Crippen LogP contribution is 2.28. The summed E-state index contributed by atoms with van der Waals surface area (Å²) in [6.07, 6.45) is 0. The van der Waals surface area contributed by atoms with Crippen LogP contribution >= 0.6 is 0 Å². The molecule has 0 radical (unpaired) electrons. The van der Waals surface area contributed by atoms with Gasteiger partial charge in [-0.1, -0.05) is 32.9 Å². The second kappa shape index (κ2) is 4.23. The van der Waals surface area contributed by atoms with Crippen LogP contribution in [0.2, 0.25) is 0 Å². The van der Waals surface area contributed by atoms with E-state index in [-0.39, 0.29) is 5.41 Å². The van der Waals surface area contributed by atoms with Crippen LogP contribution in [0.15, 0.2) is 18.2 Å². The Labute approximate surface area is 93.1 Å². The molecule has 0 aromatic heterocycles. The van der Waals surface area contributed by atoms with Crippen LogP contribution in [0.5, 0.6) is 0 Å². The van der Waals surface area contributed by atoms with Crippen molar-refractivity contribution in [3.05, 3.63) is 29.3 Å². The van der Waals surface area contributed by atoms with E-state index in [1.807, 2.05) is 7.05 Å². The van der Waals surface area contributed by atoms with E-state index in [0.29, 0.717) is 6.67 Å². The van der Waals surface area contributed by atoms with Gasteiger partial charge in [0.05, 0.1) is 6.67 Å². The third-order valence-corrected chi connectivity index (χ3v) is 2.76. The second-order valence-corrected chi connectivity index (χ2v) is 5.13. The van der Waals surface area contributed by atoms with Crippen LogP contribution in [0.4, 0.5) is 5.69 Å². The molecule has 84 valence electrons. The fourth-order valence-corrected chi connectivity index (χ4v) is 1.59. The minimum Gasteiger partial charge on any atom is -0.362 e. The molecule has 1 rings (SSSR count). The van der Waals surface area contributed by atoms with E-state index in [4.69, 9.17) is 5.73 Å². The van der Waals surface area contributed by atoms with Crippen LogP contribution < -0.4 is 10.6 Å². The summed E-state index contributed by atoms with van der Waals surface area (Å²) in [7, 11) is 2.02. The van der Waals surface area contributed by atoms with Crippen molar-refractivity contribution >= 4 is 5.69 Å². The molecule has 0 atom stereocenters. The maximum atomic E-state index is 5.66. The molecule has 0 fully saturated rings. The first-order chi connectivity index (χ1) is 6.86. The molecule has 2 nitrogen and oxygen atoms in total. The molecule has 0 heterocycles. The van der Waals surface area contributed by atoms with E-state index in [2.05, 4.69) is 50.8 Å². The number of nitrogens with two attached hydrogens (primary N) is 1. The Morgan fingerprint density at radius 2 is 1.87 bits per heavy atom. The van der Waals surface area contributed by atoms with Crippen molar-refractivity contribution in [2.75, 3.05) is 18.6 Å². The molecule has 0 unspecified atom stereocenters. The van der Waals surface area contributed by atoms with Gasteiger partial charge < -0.3 is 10.6 Å². The number of aryl methyl sites for hydroxylation is 1. The highest BCUT2D eigenvalue weighted by atomic mass is 15.1. The largest absolute Gasteiger partial charge is 0.362 e. The van der Waals surface area contributed by atoms with Crippen molar-refractivity contribution in [2.24, 2.45) is 5.73 Å². The highest BCUT2D eigenvalue weighted by Gasteiger charge is 2.15. The van der Waals surface area contributed by atoms with E-state index in [0.717, 1.165) is 0 Å². The van der Waals surface area contributed by atoms with Crippen molar-refractivity contribution in [3.63, 3.8) is 0 Å². The van der Waals surface area contributed by atoms with E-state index < -0.39 is 0 Å². The van der Waals surface area contributed by atoms with Crippen LogP contribution in [0.3, 0.4) is 0 Å². The van der Waals surface area contributed by atoms with Crippen LogP contribution in [0.1, 0.15) is 31.9 Å². The zero-order chi connectivity index (χ0) is 11.6. The van der Waals surface area contributed by atoms with Gasteiger partial charge in [-0.2, -0.15) is 0 Å². The molecule has 15 heavy (non-hydrogen) atoms. The van der Waals surface area contributed by atoms with E-state index in [1.165, 1.54) is 16.8 Å². The molecule has 0 aliphatic carbocycles. The first-order valence-electron chi connectivity index (χ1n) is 5.38. The maximum absolute atomic E-state index is 5.66. The van der Waals surface area contributed by atoms with Gasteiger partial charge in [0.1, 0.15) is 0 Å². The number of benzene rings is 1. The fraction of sp³-hybridized carbons (Fsp3) is 0.538. The number of rotatable bonds is 2. The molecule has 2 heteroatoms. The molecule has 0 amide bonds. The normalized spacial score (nSPS) is 11.6. The van der Waals surface area contributed by atoms with Gasteiger partial charge in [0.15, 0.2) is 0 Å². The maximum Gasteiger partial charge on any atom is 0.0653 e. The Bertz CT molecular complexity index is 337. The third-order valence-electron chi connectivity index (χ3n) is 2.76. The molecule has 0 aliphatic rings. The van der Waals surface area contributed by atoms with E-state index in [9.17, 15) is 0 Å². The van der Waals surface area contributed by atoms with Crippen LogP contribution in [-0.4, -0.2) is 13.7 Å². The first kappa shape index (κ1) is 12.1. The Hall–Kier alpha value is -1.02. The summed E-state index contributed by atoms with van der Waals surface area (Å²) < 4.78 is 0.